The van der Waals surface area contributed by atoms with Gasteiger partial charge in [0, 0.05) is 22.9 Å². The van der Waals surface area contributed by atoms with E-state index in [4.69, 9.17) is 9.47 Å². The molecule has 0 aromatic heterocycles. The monoisotopic (exact) mass is 405 g/mol. The van der Waals surface area contributed by atoms with Gasteiger partial charge in [-0.15, -0.1) is 11.8 Å². The first-order chi connectivity index (χ1) is 13.0. The minimum atomic E-state index is -0.176. The maximum atomic E-state index is 12.3. The van der Waals surface area contributed by atoms with Crippen LogP contribution in [0.3, 0.4) is 0 Å². The van der Waals surface area contributed by atoms with Gasteiger partial charge >= 0.3 is 0 Å². The molecule has 0 aliphatic carbocycles. The zero-order valence-corrected chi connectivity index (χ0v) is 17.9. The smallest absolute Gasteiger partial charge is 0.233 e. The molecule has 0 aliphatic heterocycles. The third kappa shape index (κ3) is 6.70. The van der Waals surface area contributed by atoms with E-state index in [1.165, 1.54) is 22.9 Å². The predicted molar refractivity (Wildman–Crippen MR) is 115 cm³/mol. The van der Waals surface area contributed by atoms with E-state index < -0.39 is 0 Å². The van der Waals surface area contributed by atoms with Gasteiger partial charge in [0.25, 0.3) is 0 Å². The van der Waals surface area contributed by atoms with Gasteiger partial charge in [-0.2, -0.15) is 11.8 Å². The molecular formula is C21H27NO3S2. The molecule has 6 heteroatoms. The number of rotatable bonds is 10. The molecule has 0 bridgehead atoms. The number of thioether (sulfide) groups is 2. The fraction of sp³-hybridized carbons (Fsp3) is 0.381. The first kappa shape index (κ1) is 21.5. The second-order valence-corrected chi connectivity index (χ2v) is 8.57. The Kier molecular flexibility index (Phi) is 8.88. The molecule has 27 heavy (non-hydrogen) atoms. The Balaban J connectivity index is 1.73. The number of carbonyl (C=O) groups excluding carboxylic acids is 1. The van der Waals surface area contributed by atoms with Gasteiger partial charge in [-0.3, -0.25) is 4.79 Å². The van der Waals surface area contributed by atoms with Gasteiger partial charge in [-0.05, 0) is 43.2 Å². The third-order valence-corrected chi connectivity index (χ3v) is 6.20. The van der Waals surface area contributed by atoms with Crippen molar-refractivity contribution >= 4 is 29.4 Å². The van der Waals surface area contributed by atoms with Gasteiger partial charge in [0.15, 0.2) is 11.5 Å². The number of nitrogens with one attached hydrogen (secondary N) is 1. The van der Waals surface area contributed by atoms with Crippen molar-refractivity contribution < 1.29 is 14.3 Å². The second-order valence-electron chi connectivity index (χ2n) is 6.05. The largest absolute Gasteiger partial charge is 0.493 e. The summed E-state index contributed by atoms with van der Waals surface area (Å²) in [4.78, 5) is 13.3. The van der Waals surface area contributed by atoms with Gasteiger partial charge < -0.3 is 14.8 Å². The summed E-state index contributed by atoms with van der Waals surface area (Å²) in [6.07, 6.45) is 0. The summed E-state index contributed by atoms with van der Waals surface area (Å²) >= 11 is 3.34. The molecule has 2 aromatic carbocycles. The van der Waals surface area contributed by atoms with Crippen LogP contribution in [0.1, 0.15) is 18.1 Å². The summed E-state index contributed by atoms with van der Waals surface area (Å²) < 4.78 is 10.6. The van der Waals surface area contributed by atoms with Gasteiger partial charge in [-0.1, -0.05) is 24.3 Å². The zero-order chi connectivity index (χ0) is 19.6. The summed E-state index contributed by atoms with van der Waals surface area (Å²) in [5, 5.41) is 2.84. The van der Waals surface area contributed by atoms with E-state index >= 15 is 0 Å². The van der Waals surface area contributed by atoms with Crippen molar-refractivity contribution in [3.8, 4) is 11.5 Å². The molecule has 4 nitrogen and oxygen atoms in total. The second kappa shape index (κ2) is 11.1. The maximum Gasteiger partial charge on any atom is 0.233 e. The number of carbonyl (C=O) groups is 1. The van der Waals surface area contributed by atoms with Gasteiger partial charge in [0.2, 0.25) is 5.91 Å². The quantitative estimate of drug-likeness (QED) is 0.464. The Bertz CT molecular complexity index is 752. The van der Waals surface area contributed by atoms with Crippen LogP contribution in [-0.2, 0) is 10.5 Å². The van der Waals surface area contributed by atoms with Crippen LogP contribution in [-0.4, -0.2) is 37.7 Å². The normalized spacial score (nSPS) is 11.7. The molecule has 146 valence electrons. The van der Waals surface area contributed by atoms with Crippen LogP contribution in [0.5, 0.6) is 11.5 Å². The topological polar surface area (TPSA) is 47.6 Å². The van der Waals surface area contributed by atoms with Crippen molar-refractivity contribution in [2.24, 2.45) is 0 Å². The molecule has 0 saturated carbocycles. The summed E-state index contributed by atoms with van der Waals surface area (Å²) in [6.45, 7) is 4.72. The highest BCUT2D eigenvalue weighted by Crippen LogP contribution is 2.33. The van der Waals surface area contributed by atoms with Crippen LogP contribution in [0.2, 0.25) is 0 Å². The number of hydrogen-bond acceptors (Lipinski definition) is 5. The summed E-state index contributed by atoms with van der Waals surface area (Å²) in [5.74, 6) is 3.27. The van der Waals surface area contributed by atoms with Crippen LogP contribution in [0.15, 0.2) is 47.4 Å². The van der Waals surface area contributed by atoms with E-state index in [1.54, 1.807) is 14.2 Å². The minimum absolute atomic E-state index is 0.0475. The molecule has 0 saturated heterocycles. The number of aryl methyl sites for hydroxylation is 1. The first-order valence-corrected chi connectivity index (χ1v) is 10.9. The number of ether oxygens (including phenoxy) is 2. The molecule has 0 heterocycles. The van der Waals surface area contributed by atoms with Crippen LogP contribution in [0.4, 0.5) is 0 Å². The Hall–Kier alpha value is -1.79. The lowest BCUT2D eigenvalue weighted by molar-refractivity contribution is -0.120. The molecule has 1 N–H and O–H groups in total. The first-order valence-electron chi connectivity index (χ1n) is 8.83. The molecule has 0 aliphatic rings. The lowest BCUT2D eigenvalue weighted by Crippen LogP contribution is -2.32. The number of hydrogen-bond donors (Lipinski definition) is 1. The van der Waals surface area contributed by atoms with Crippen molar-refractivity contribution in [2.75, 3.05) is 26.5 Å². The lowest BCUT2D eigenvalue weighted by atomic mass is 10.1. The molecule has 1 amide bonds. The maximum absolute atomic E-state index is 12.3. The molecule has 1 atom stereocenters. The average Bonchev–Trinajstić information content (AvgIpc) is 2.68. The molecule has 0 spiro atoms. The fourth-order valence-electron chi connectivity index (χ4n) is 2.49. The van der Waals surface area contributed by atoms with Crippen molar-refractivity contribution in [2.45, 2.75) is 29.7 Å². The standard InChI is InChI=1S/C21H27NO3S2/c1-15-7-5-6-8-17(15)14-26-12-11-22-21(23)16(2)27-18-9-10-19(24-3)20(13-18)25-4/h5-10,13,16H,11-12,14H2,1-4H3,(H,22,23)/t16-/m0/s1. The molecule has 0 radical (unpaired) electrons. The van der Waals surface area contributed by atoms with Crippen molar-refractivity contribution in [3.63, 3.8) is 0 Å². The van der Waals surface area contributed by atoms with Crippen molar-refractivity contribution in [1.82, 2.24) is 5.32 Å². The molecule has 2 rings (SSSR count). The fourth-order valence-corrected chi connectivity index (χ4v) is 4.35. The summed E-state index contributed by atoms with van der Waals surface area (Å²) in [6, 6.07) is 14.1. The highest BCUT2D eigenvalue weighted by molar-refractivity contribution is 8.00. The van der Waals surface area contributed by atoms with E-state index in [0.717, 1.165) is 16.4 Å². The van der Waals surface area contributed by atoms with E-state index in [9.17, 15) is 4.79 Å². The van der Waals surface area contributed by atoms with Crippen molar-refractivity contribution in [1.29, 1.82) is 0 Å². The van der Waals surface area contributed by atoms with E-state index in [2.05, 4.69) is 36.5 Å². The van der Waals surface area contributed by atoms with Gasteiger partial charge in [0.05, 0.1) is 19.5 Å². The number of methoxy groups -OCH3 is 2. The minimum Gasteiger partial charge on any atom is -0.493 e. The highest BCUT2D eigenvalue weighted by Gasteiger charge is 2.15. The SMILES string of the molecule is COc1ccc(S[C@@H](C)C(=O)NCCSCc2ccccc2C)cc1OC. The zero-order valence-electron chi connectivity index (χ0n) is 16.3. The van der Waals surface area contributed by atoms with E-state index in [-0.39, 0.29) is 11.2 Å². The number of benzene rings is 2. The van der Waals surface area contributed by atoms with Crippen LogP contribution in [0, 0.1) is 6.92 Å². The molecule has 2 aromatic rings. The molecular weight excluding hydrogens is 378 g/mol. The predicted octanol–water partition coefficient (Wildman–Crippen LogP) is 4.54. The summed E-state index contributed by atoms with van der Waals surface area (Å²) in [5.41, 5.74) is 2.67. The Morgan fingerprint density at radius 2 is 1.85 bits per heavy atom. The van der Waals surface area contributed by atoms with Gasteiger partial charge in [-0.25, -0.2) is 0 Å². The highest BCUT2D eigenvalue weighted by atomic mass is 32.2. The summed E-state index contributed by atoms with van der Waals surface area (Å²) in [7, 11) is 3.22. The molecule has 0 fully saturated rings. The van der Waals surface area contributed by atoms with E-state index in [0.29, 0.717) is 18.0 Å². The third-order valence-electron chi connectivity index (χ3n) is 4.10. The van der Waals surface area contributed by atoms with Crippen molar-refractivity contribution in [3.05, 3.63) is 53.6 Å². The van der Waals surface area contributed by atoms with Crippen LogP contribution in [0.25, 0.3) is 0 Å². The number of amides is 1. The average molecular weight is 406 g/mol. The van der Waals surface area contributed by atoms with E-state index in [1.807, 2.05) is 36.9 Å². The lowest BCUT2D eigenvalue weighted by Gasteiger charge is -2.14. The Morgan fingerprint density at radius 3 is 2.56 bits per heavy atom. The van der Waals surface area contributed by atoms with Gasteiger partial charge in [0.1, 0.15) is 0 Å². The Labute approximate surface area is 170 Å². The molecule has 0 unspecified atom stereocenters. The Morgan fingerprint density at radius 1 is 1.11 bits per heavy atom. The van der Waals surface area contributed by atoms with Crippen LogP contribution >= 0.6 is 23.5 Å². The van der Waals surface area contributed by atoms with Crippen LogP contribution < -0.4 is 14.8 Å².